The molecule has 0 radical (unpaired) electrons. The fourth-order valence-corrected chi connectivity index (χ4v) is 3.14. The lowest BCUT2D eigenvalue weighted by atomic mass is 10.0. The lowest BCUT2D eigenvalue weighted by Gasteiger charge is -2.14. The average molecular weight is 402 g/mol. The van der Waals surface area contributed by atoms with E-state index in [1.54, 1.807) is 19.1 Å². The first-order valence-electron chi connectivity index (χ1n) is 8.98. The number of carbonyl (C=O) groups is 1. The first-order chi connectivity index (χ1) is 13.4. The fourth-order valence-electron chi connectivity index (χ4n) is 2.95. The van der Waals surface area contributed by atoms with Gasteiger partial charge in [-0.15, -0.1) is 0 Å². The Bertz CT molecular complexity index is 1020. The summed E-state index contributed by atoms with van der Waals surface area (Å²) in [5.41, 5.74) is 1.01. The summed E-state index contributed by atoms with van der Waals surface area (Å²) in [6.45, 7) is 5.55. The number of nitrogens with one attached hydrogen (secondary N) is 1. The fraction of sp³-hybridized carbons (Fsp3) is 0.227. The minimum atomic E-state index is -0.640. The van der Waals surface area contributed by atoms with Crippen molar-refractivity contribution >= 4 is 28.3 Å². The molecule has 0 heterocycles. The van der Waals surface area contributed by atoms with E-state index in [1.807, 2.05) is 37.3 Å². The molecule has 1 amide bonds. The molecule has 6 heteroatoms. The SMILES string of the molecule is CCOc1ccc(Oc2ccc3cc(C(C)NC(C)=O)ccc3c2)c(Cl)c1F. The molecule has 3 aromatic carbocycles. The van der Waals surface area contributed by atoms with E-state index in [-0.39, 0.29) is 28.5 Å². The summed E-state index contributed by atoms with van der Waals surface area (Å²) >= 11 is 6.08. The van der Waals surface area contributed by atoms with Gasteiger partial charge in [0.1, 0.15) is 16.5 Å². The highest BCUT2D eigenvalue weighted by molar-refractivity contribution is 6.32. The van der Waals surface area contributed by atoms with Crippen molar-refractivity contribution in [3.63, 3.8) is 0 Å². The largest absolute Gasteiger partial charge is 0.491 e. The summed E-state index contributed by atoms with van der Waals surface area (Å²) in [7, 11) is 0. The normalized spacial score (nSPS) is 11.9. The predicted molar refractivity (Wildman–Crippen MR) is 109 cm³/mol. The zero-order valence-corrected chi connectivity index (χ0v) is 16.6. The Balaban J connectivity index is 1.85. The van der Waals surface area contributed by atoms with Crippen LogP contribution in [0.2, 0.25) is 5.02 Å². The molecule has 3 aromatic rings. The lowest BCUT2D eigenvalue weighted by molar-refractivity contribution is -0.119. The Hall–Kier alpha value is -2.79. The highest BCUT2D eigenvalue weighted by Gasteiger charge is 2.15. The van der Waals surface area contributed by atoms with Crippen LogP contribution in [0.3, 0.4) is 0 Å². The van der Waals surface area contributed by atoms with Gasteiger partial charge in [-0.2, -0.15) is 0 Å². The van der Waals surface area contributed by atoms with E-state index < -0.39 is 5.82 Å². The molecule has 0 bridgehead atoms. The molecule has 1 atom stereocenters. The van der Waals surface area contributed by atoms with Gasteiger partial charge in [0.15, 0.2) is 11.6 Å². The quantitative estimate of drug-likeness (QED) is 0.549. The molecule has 1 unspecified atom stereocenters. The van der Waals surface area contributed by atoms with Crippen LogP contribution in [0.1, 0.15) is 32.4 Å². The van der Waals surface area contributed by atoms with E-state index in [2.05, 4.69) is 5.32 Å². The third-order valence-electron chi connectivity index (χ3n) is 4.29. The summed E-state index contributed by atoms with van der Waals surface area (Å²) in [6.07, 6.45) is 0. The van der Waals surface area contributed by atoms with Crippen LogP contribution in [0, 0.1) is 5.82 Å². The zero-order chi connectivity index (χ0) is 20.3. The van der Waals surface area contributed by atoms with Gasteiger partial charge in [-0.05, 0) is 60.5 Å². The first kappa shape index (κ1) is 20.0. The molecule has 0 aromatic heterocycles. The van der Waals surface area contributed by atoms with Gasteiger partial charge in [0.25, 0.3) is 0 Å². The summed E-state index contributed by atoms with van der Waals surface area (Å²) in [6, 6.07) is 14.5. The molecule has 0 aliphatic rings. The van der Waals surface area contributed by atoms with Crippen molar-refractivity contribution in [3.8, 4) is 17.2 Å². The van der Waals surface area contributed by atoms with Crippen molar-refractivity contribution < 1.29 is 18.7 Å². The molecule has 0 aliphatic carbocycles. The molecular formula is C22H21ClFNO3. The van der Waals surface area contributed by atoms with Gasteiger partial charge in [0, 0.05) is 6.92 Å². The first-order valence-corrected chi connectivity index (χ1v) is 9.36. The molecule has 0 saturated heterocycles. The van der Waals surface area contributed by atoms with Gasteiger partial charge >= 0.3 is 0 Å². The van der Waals surface area contributed by atoms with Crippen molar-refractivity contribution in [2.45, 2.75) is 26.8 Å². The number of rotatable bonds is 6. The van der Waals surface area contributed by atoms with Gasteiger partial charge in [0.2, 0.25) is 5.91 Å². The monoisotopic (exact) mass is 401 g/mol. The second-order valence-electron chi connectivity index (χ2n) is 6.42. The van der Waals surface area contributed by atoms with E-state index in [4.69, 9.17) is 21.1 Å². The highest BCUT2D eigenvalue weighted by Crippen LogP contribution is 2.36. The number of carbonyl (C=O) groups excluding carboxylic acids is 1. The number of benzene rings is 3. The standard InChI is InChI=1S/C22H21ClFNO3/c1-4-27-20-10-9-19(21(23)22(20)24)28-18-8-7-16-11-15(5-6-17(16)12-18)13(2)25-14(3)26/h5-13H,4H2,1-3H3,(H,25,26). The topological polar surface area (TPSA) is 47.6 Å². The van der Waals surface area contributed by atoms with Crippen LogP contribution in [-0.4, -0.2) is 12.5 Å². The molecule has 4 nitrogen and oxygen atoms in total. The Morgan fingerprint density at radius 3 is 2.50 bits per heavy atom. The van der Waals surface area contributed by atoms with Crippen LogP contribution in [0.4, 0.5) is 4.39 Å². The lowest BCUT2D eigenvalue weighted by Crippen LogP contribution is -2.23. The van der Waals surface area contributed by atoms with E-state index in [0.29, 0.717) is 12.4 Å². The van der Waals surface area contributed by atoms with Crippen LogP contribution in [0.15, 0.2) is 48.5 Å². The smallest absolute Gasteiger partial charge is 0.217 e. The number of fused-ring (bicyclic) bond motifs is 1. The molecular weight excluding hydrogens is 381 g/mol. The van der Waals surface area contributed by atoms with Gasteiger partial charge in [-0.25, -0.2) is 4.39 Å². The summed E-state index contributed by atoms with van der Waals surface area (Å²) in [5, 5.41) is 4.71. The molecule has 146 valence electrons. The van der Waals surface area contributed by atoms with Crippen LogP contribution in [0.25, 0.3) is 10.8 Å². The molecule has 0 fully saturated rings. The Labute approximate surface area is 168 Å². The number of hydrogen-bond acceptors (Lipinski definition) is 3. The Kier molecular flexibility index (Phi) is 6.05. The number of hydrogen-bond donors (Lipinski definition) is 1. The molecule has 3 rings (SSSR count). The molecule has 0 spiro atoms. The van der Waals surface area contributed by atoms with Crippen LogP contribution in [0.5, 0.6) is 17.2 Å². The van der Waals surface area contributed by atoms with Gasteiger partial charge in [-0.1, -0.05) is 29.8 Å². The van der Waals surface area contributed by atoms with Crippen molar-refractivity contribution in [2.75, 3.05) is 6.61 Å². The maximum absolute atomic E-state index is 14.2. The predicted octanol–water partition coefficient (Wildman–Crippen LogP) is 6.02. The minimum absolute atomic E-state index is 0.0733. The molecule has 28 heavy (non-hydrogen) atoms. The molecule has 0 saturated carbocycles. The van der Waals surface area contributed by atoms with E-state index in [1.165, 1.54) is 13.0 Å². The third-order valence-corrected chi connectivity index (χ3v) is 4.65. The number of halogens is 2. The highest BCUT2D eigenvalue weighted by atomic mass is 35.5. The van der Waals surface area contributed by atoms with E-state index >= 15 is 0 Å². The Morgan fingerprint density at radius 1 is 1.11 bits per heavy atom. The second kappa shape index (κ2) is 8.48. The van der Waals surface area contributed by atoms with Crippen molar-refractivity contribution in [3.05, 3.63) is 64.9 Å². The van der Waals surface area contributed by atoms with E-state index in [0.717, 1.165) is 16.3 Å². The third kappa shape index (κ3) is 4.37. The molecule has 0 aliphatic heterocycles. The van der Waals surface area contributed by atoms with Gasteiger partial charge in [0.05, 0.1) is 12.6 Å². The van der Waals surface area contributed by atoms with Crippen LogP contribution in [-0.2, 0) is 4.79 Å². The zero-order valence-electron chi connectivity index (χ0n) is 15.9. The summed E-state index contributed by atoms with van der Waals surface area (Å²) in [4.78, 5) is 11.2. The van der Waals surface area contributed by atoms with Crippen molar-refractivity contribution in [1.29, 1.82) is 0 Å². The maximum atomic E-state index is 14.2. The maximum Gasteiger partial charge on any atom is 0.217 e. The van der Waals surface area contributed by atoms with Gasteiger partial charge in [-0.3, -0.25) is 4.79 Å². The van der Waals surface area contributed by atoms with Gasteiger partial charge < -0.3 is 14.8 Å². The van der Waals surface area contributed by atoms with Crippen molar-refractivity contribution in [1.82, 2.24) is 5.32 Å². The van der Waals surface area contributed by atoms with Crippen LogP contribution >= 0.6 is 11.6 Å². The number of amides is 1. The van der Waals surface area contributed by atoms with Crippen molar-refractivity contribution in [2.24, 2.45) is 0 Å². The minimum Gasteiger partial charge on any atom is -0.491 e. The molecule has 1 N–H and O–H groups in total. The number of ether oxygens (including phenoxy) is 2. The van der Waals surface area contributed by atoms with E-state index in [9.17, 15) is 9.18 Å². The summed E-state index contributed by atoms with van der Waals surface area (Å²) in [5.74, 6) is 0.145. The van der Waals surface area contributed by atoms with Crippen LogP contribution < -0.4 is 14.8 Å². The summed E-state index contributed by atoms with van der Waals surface area (Å²) < 4.78 is 25.2. The average Bonchev–Trinajstić information content (AvgIpc) is 2.67. The Morgan fingerprint density at radius 2 is 1.79 bits per heavy atom. The second-order valence-corrected chi connectivity index (χ2v) is 6.79.